The van der Waals surface area contributed by atoms with Gasteiger partial charge in [-0.25, -0.2) is 0 Å². The summed E-state index contributed by atoms with van der Waals surface area (Å²) in [4.78, 5) is 13.5. The van der Waals surface area contributed by atoms with E-state index in [9.17, 15) is 4.79 Å². The summed E-state index contributed by atoms with van der Waals surface area (Å²) in [5.74, 6) is -0.310. The zero-order valence-corrected chi connectivity index (χ0v) is 18.1. The fourth-order valence-corrected chi connectivity index (χ4v) is 4.47. The van der Waals surface area contributed by atoms with Crippen molar-refractivity contribution < 1.29 is 4.79 Å². The highest BCUT2D eigenvalue weighted by Gasteiger charge is 2.13. The van der Waals surface area contributed by atoms with Crippen molar-refractivity contribution in [3.05, 3.63) is 77.6 Å². The highest BCUT2D eigenvalue weighted by molar-refractivity contribution is 7.80. The maximum atomic E-state index is 12.8. The Balaban J connectivity index is 1.34. The highest BCUT2D eigenvalue weighted by atomic mass is 35.5. The second kappa shape index (κ2) is 8.03. The first kappa shape index (κ1) is 19.6. The molecule has 0 unspecified atom stereocenters. The summed E-state index contributed by atoms with van der Waals surface area (Å²) in [6, 6.07) is 18.5. The van der Waals surface area contributed by atoms with Gasteiger partial charge in [0.25, 0.3) is 5.91 Å². The number of thiocarbonyl (C=S) groups is 1. The lowest BCUT2D eigenvalue weighted by molar-refractivity contribution is 0.0979. The number of anilines is 1. The Kier molecular flexibility index (Phi) is 5.06. The van der Waals surface area contributed by atoms with Gasteiger partial charge in [0.1, 0.15) is 11.3 Å². The van der Waals surface area contributed by atoms with Gasteiger partial charge in [-0.15, -0.1) is 10.2 Å². The van der Waals surface area contributed by atoms with Crippen LogP contribution in [0.25, 0.3) is 26.3 Å². The summed E-state index contributed by atoms with van der Waals surface area (Å²) in [5.41, 5.74) is 2.13. The molecule has 10 heteroatoms. The van der Waals surface area contributed by atoms with Crippen LogP contribution in [0.3, 0.4) is 0 Å². The Hall–Kier alpha value is -3.40. The third-order valence-corrected chi connectivity index (χ3v) is 6.09. The molecule has 0 atom stereocenters. The van der Waals surface area contributed by atoms with Crippen LogP contribution < -0.4 is 10.6 Å². The Morgan fingerprint density at radius 2 is 1.87 bits per heavy atom. The molecule has 3 aromatic carbocycles. The summed E-state index contributed by atoms with van der Waals surface area (Å²) in [6.07, 6.45) is 1.56. The van der Waals surface area contributed by atoms with Gasteiger partial charge in [-0.2, -0.15) is 9.61 Å². The average molecular weight is 465 g/mol. The van der Waals surface area contributed by atoms with Gasteiger partial charge < -0.3 is 5.32 Å². The van der Waals surface area contributed by atoms with Crippen LogP contribution in [-0.2, 0) is 0 Å². The molecule has 0 aliphatic rings. The highest BCUT2D eigenvalue weighted by Crippen LogP contribution is 2.27. The summed E-state index contributed by atoms with van der Waals surface area (Å²) in [7, 11) is 0. The van der Waals surface area contributed by atoms with Crippen molar-refractivity contribution in [2.24, 2.45) is 0 Å². The number of carbonyl (C=O) groups excluding carboxylic acids is 1. The molecule has 0 aliphatic heterocycles. The first-order valence-electron chi connectivity index (χ1n) is 9.15. The number of hydrogen-bond acceptors (Lipinski definition) is 6. The Morgan fingerprint density at radius 1 is 1.06 bits per heavy atom. The lowest BCUT2D eigenvalue weighted by atomic mass is 10.0. The quantitative estimate of drug-likeness (QED) is 0.373. The third kappa shape index (κ3) is 3.86. The molecule has 1 amide bonds. The van der Waals surface area contributed by atoms with E-state index in [1.54, 1.807) is 29.0 Å². The van der Waals surface area contributed by atoms with Crippen molar-refractivity contribution in [1.82, 2.24) is 25.1 Å². The van der Waals surface area contributed by atoms with Crippen LogP contribution in [0, 0.1) is 0 Å². The first-order chi connectivity index (χ1) is 15.1. The molecule has 2 aromatic heterocycles. The molecule has 0 radical (unpaired) electrons. The third-order valence-electron chi connectivity index (χ3n) is 4.59. The molecule has 31 heavy (non-hydrogen) atoms. The predicted octanol–water partition coefficient (Wildman–Crippen LogP) is 4.79. The van der Waals surface area contributed by atoms with Gasteiger partial charge >= 0.3 is 0 Å². The fourth-order valence-electron chi connectivity index (χ4n) is 3.21. The van der Waals surface area contributed by atoms with Gasteiger partial charge in [0, 0.05) is 27.2 Å². The van der Waals surface area contributed by atoms with E-state index in [0.29, 0.717) is 15.5 Å². The molecule has 2 N–H and O–H groups in total. The zero-order chi connectivity index (χ0) is 21.4. The number of halogens is 1. The SMILES string of the molecule is O=C(NC(=S)Nc1cccc(-c2nn3cnnc3s2)c1)c1cccc2c(Cl)cccc12. The molecular formula is C21H13ClN6OS2. The van der Waals surface area contributed by atoms with Gasteiger partial charge in [0.2, 0.25) is 4.96 Å². The lowest BCUT2D eigenvalue weighted by Gasteiger charge is -2.12. The molecule has 2 heterocycles. The molecule has 152 valence electrons. The van der Waals surface area contributed by atoms with Gasteiger partial charge in [-0.05, 0) is 41.9 Å². The standard InChI is InChI=1S/C21H13ClN6OS2/c22-17-9-3-6-14-15(17)7-2-8-16(14)18(29)25-20(30)24-13-5-1-4-12(10-13)19-27-28-11-23-26-21(28)31-19/h1-11H,(H2,24,25,29,30). The molecule has 5 rings (SSSR count). The van der Waals surface area contributed by atoms with Gasteiger partial charge in [-0.3, -0.25) is 10.1 Å². The maximum absolute atomic E-state index is 12.8. The van der Waals surface area contributed by atoms with Crippen LogP contribution in [0.5, 0.6) is 0 Å². The number of rotatable bonds is 3. The molecule has 0 fully saturated rings. The summed E-state index contributed by atoms with van der Waals surface area (Å²) in [5, 5.41) is 21.2. The van der Waals surface area contributed by atoms with Crippen LogP contribution in [-0.4, -0.2) is 30.8 Å². The van der Waals surface area contributed by atoms with E-state index < -0.39 is 0 Å². The minimum absolute atomic E-state index is 0.194. The number of benzene rings is 3. The second-order valence-electron chi connectivity index (χ2n) is 6.59. The molecule has 0 bridgehead atoms. The zero-order valence-electron chi connectivity index (χ0n) is 15.7. The molecule has 0 spiro atoms. The summed E-state index contributed by atoms with van der Waals surface area (Å²) < 4.78 is 1.63. The van der Waals surface area contributed by atoms with E-state index in [2.05, 4.69) is 25.9 Å². The monoisotopic (exact) mass is 464 g/mol. The summed E-state index contributed by atoms with van der Waals surface area (Å²) >= 11 is 13.0. The average Bonchev–Trinajstić information content (AvgIpc) is 3.36. The lowest BCUT2D eigenvalue weighted by Crippen LogP contribution is -2.34. The number of hydrogen-bond donors (Lipinski definition) is 2. The van der Waals surface area contributed by atoms with Crippen LogP contribution in [0.2, 0.25) is 5.02 Å². The molecule has 0 saturated heterocycles. The summed E-state index contributed by atoms with van der Waals surface area (Å²) in [6.45, 7) is 0. The number of fused-ring (bicyclic) bond motifs is 2. The van der Waals surface area contributed by atoms with Gasteiger partial charge in [0.05, 0.1) is 0 Å². The van der Waals surface area contributed by atoms with Crippen molar-refractivity contribution in [2.75, 3.05) is 5.32 Å². The van der Waals surface area contributed by atoms with Crippen molar-refractivity contribution in [2.45, 2.75) is 0 Å². The molecular weight excluding hydrogens is 452 g/mol. The Labute approximate surface area is 190 Å². The van der Waals surface area contributed by atoms with E-state index in [4.69, 9.17) is 23.8 Å². The molecule has 7 nitrogen and oxygen atoms in total. The fraction of sp³-hybridized carbons (Fsp3) is 0. The number of nitrogens with one attached hydrogen (secondary N) is 2. The number of nitrogens with zero attached hydrogens (tertiary/aromatic N) is 4. The molecule has 0 aliphatic carbocycles. The van der Waals surface area contributed by atoms with Crippen LogP contribution in [0.1, 0.15) is 10.4 Å². The van der Waals surface area contributed by atoms with E-state index in [1.165, 1.54) is 11.3 Å². The maximum Gasteiger partial charge on any atom is 0.258 e. The Bertz CT molecular complexity index is 1430. The van der Waals surface area contributed by atoms with E-state index in [0.717, 1.165) is 27.0 Å². The molecule has 5 aromatic rings. The number of aromatic nitrogens is 4. The van der Waals surface area contributed by atoms with Gasteiger partial charge in [0.15, 0.2) is 5.11 Å². The first-order valence-corrected chi connectivity index (χ1v) is 10.8. The van der Waals surface area contributed by atoms with E-state index in [-0.39, 0.29) is 11.0 Å². The second-order valence-corrected chi connectivity index (χ2v) is 8.37. The van der Waals surface area contributed by atoms with Gasteiger partial charge in [-0.1, -0.05) is 59.3 Å². The van der Waals surface area contributed by atoms with Crippen LogP contribution in [0.15, 0.2) is 67.0 Å². The van der Waals surface area contributed by atoms with Crippen molar-refractivity contribution >= 4 is 67.6 Å². The van der Waals surface area contributed by atoms with E-state index in [1.807, 2.05) is 42.5 Å². The molecule has 0 saturated carbocycles. The van der Waals surface area contributed by atoms with Crippen molar-refractivity contribution in [3.8, 4) is 10.6 Å². The van der Waals surface area contributed by atoms with Crippen LogP contribution in [0.4, 0.5) is 5.69 Å². The van der Waals surface area contributed by atoms with E-state index >= 15 is 0 Å². The smallest absolute Gasteiger partial charge is 0.258 e. The largest absolute Gasteiger partial charge is 0.332 e. The minimum Gasteiger partial charge on any atom is -0.332 e. The normalized spacial score (nSPS) is 11.0. The number of carbonyl (C=O) groups is 1. The topological polar surface area (TPSA) is 84.2 Å². The Morgan fingerprint density at radius 3 is 2.74 bits per heavy atom. The minimum atomic E-state index is -0.310. The number of amides is 1. The van der Waals surface area contributed by atoms with Crippen molar-refractivity contribution in [3.63, 3.8) is 0 Å². The van der Waals surface area contributed by atoms with Crippen molar-refractivity contribution in [1.29, 1.82) is 0 Å². The predicted molar refractivity (Wildman–Crippen MR) is 127 cm³/mol. The van der Waals surface area contributed by atoms with Crippen LogP contribution >= 0.6 is 35.2 Å².